The van der Waals surface area contributed by atoms with Gasteiger partial charge in [-0.2, -0.15) is 5.26 Å². The number of carbonyl (C=O) groups excluding carboxylic acids is 1. The van der Waals surface area contributed by atoms with Crippen molar-refractivity contribution < 1.29 is 18.3 Å². The first-order valence-corrected chi connectivity index (χ1v) is 7.80. The fourth-order valence-electron chi connectivity index (χ4n) is 2.11. The molecule has 2 rings (SSSR count). The predicted molar refractivity (Wildman–Crippen MR) is 71.9 cm³/mol. The third-order valence-corrected chi connectivity index (χ3v) is 5.02. The van der Waals surface area contributed by atoms with Crippen molar-refractivity contribution in [3.63, 3.8) is 0 Å². The number of carbonyl (C=O) groups is 1. The van der Waals surface area contributed by atoms with Crippen molar-refractivity contribution in [2.45, 2.75) is 18.2 Å². The number of aromatic hydroxyl groups is 1. The molecule has 1 saturated heterocycles. The number of phenols is 1. The van der Waals surface area contributed by atoms with Gasteiger partial charge in [0.2, 0.25) is 5.91 Å². The molecule has 0 radical (unpaired) electrons. The smallest absolute Gasteiger partial charge is 0.228 e. The predicted octanol–water partition coefficient (Wildman–Crippen LogP) is 1.06. The van der Waals surface area contributed by atoms with Crippen LogP contribution in [0.1, 0.15) is 13.3 Å². The van der Waals surface area contributed by atoms with Crippen LogP contribution < -0.4 is 4.90 Å². The van der Waals surface area contributed by atoms with Gasteiger partial charge in [-0.25, -0.2) is 8.42 Å². The molecule has 0 saturated carbocycles. The van der Waals surface area contributed by atoms with E-state index in [2.05, 4.69) is 0 Å². The number of rotatable bonds is 3. The summed E-state index contributed by atoms with van der Waals surface area (Å²) < 4.78 is 23.7. The Balaban J connectivity index is 2.45. The van der Waals surface area contributed by atoms with Crippen LogP contribution in [0.4, 0.5) is 5.69 Å². The Bertz CT molecular complexity index is 691. The number of nitriles is 1. The Kier molecular flexibility index (Phi) is 3.68. The number of anilines is 1. The zero-order valence-electron chi connectivity index (χ0n) is 10.9. The molecule has 1 amide bonds. The van der Waals surface area contributed by atoms with Crippen LogP contribution in [0, 0.1) is 17.2 Å². The van der Waals surface area contributed by atoms with Gasteiger partial charge in [-0.3, -0.25) is 4.79 Å². The lowest BCUT2D eigenvalue weighted by molar-refractivity contribution is -0.117. The highest BCUT2D eigenvalue weighted by Gasteiger charge is 2.32. The highest BCUT2D eigenvalue weighted by atomic mass is 32.2. The molecule has 1 aliphatic heterocycles. The maximum absolute atomic E-state index is 11.8. The highest BCUT2D eigenvalue weighted by Crippen LogP contribution is 2.34. The molecule has 1 heterocycles. The molecule has 7 heteroatoms. The fraction of sp³-hybridized carbons (Fsp3) is 0.385. The van der Waals surface area contributed by atoms with Crippen molar-refractivity contribution in [2.75, 3.05) is 17.2 Å². The standard InChI is InChI=1S/C13H14N2O4S/c1-2-20(18,19)10-3-4-12(16)11(6-10)15-8-9(7-14)5-13(15)17/h3-4,6,9,16H,2,5,8H2,1H3. The molecule has 0 aliphatic carbocycles. The van der Waals surface area contributed by atoms with Crippen LogP contribution in [0.5, 0.6) is 5.75 Å². The first-order chi connectivity index (χ1) is 9.39. The number of amides is 1. The van der Waals surface area contributed by atoms with Gasteiger partial charge in [-0.1, -0.05) is 6.92 Å². The average molecular weight is 294 g/mol. The molecule has 1 fully saturated rings. The Morgan fingerprint density at radius 1 is 1.50 bits per heavy atom. The molecule has 0 bridgehead atoms. The maximum Gasteiger partial charge on any atom is 0.228 e. The first kappa shape index (κ1) is 14.3. The quantitative estimate of drug-likeness (QED) is 0.898. The zero-order valence-corrected chi connectivity index (χ0v) is 11.7. The van der Waals surface area contributed by atoms with Crippen LogP contribution in [0.15, 0.2) is 23.1 Å². The van der Waals surface area contributed by atoms with E-state index in [1.165, 1.54) is 30.0 Å². The summed E-state index contributed by atoms with van der Waals surface area (Å²) in [7, 11) is -3.42. The maximum atomic E-state index is 11.8. The number of hydrogen-bond donors (Lipinski definition) is 1. The average Bonchev–Trinajstić information content (AvgIpc) is 2.80. The molecule has 1 aromatic carbocycles. The van der Waals surface area contributed by atoms with Crippen molar-refractivity contribution >= 4 is 21.4 Å². The lowest BCUT2D eigenvalue weighted by atomic mass is 10.1. The molecule has 1 unspecified atom stereocenters. The number of phenolic OH excluding ortho intramolecular Hbond substituents is 1. The number of hydrogen-bond acceptors (Lipinski definition) is 5. The molecule has 106 valence electrons. The lowest BCUT2D eigenvalue weighted by Crippen LogP contribution is -2.24. The van der Waals surface area contributed by atoms with E-state index >= 15 is 0 Å². The second kappa shape index (κ2) is 5.13. The van der Waals surface area contributed by atoms with Gasteiger partial charge in [0.25, 0.3) is 0 Å². The monoisotopic (exact) mass is 294 g/mol. The van der Waals surface area contributed by atoms with Crippen molar-refractivity contribution in [3.05, 3.63) is 18.2 Å². The van der Waals surface area contributed by atoms with E-state index in [0.717, 1.165) is 0 Å². The molecular formula is C13H14N2O4S. The molecule has 20 heavy (non-hydrogen) atoms. The summed E-state index contributed by atoms with van der Waals surface area (Å²) >= 11 is 0. The van der Waals surface area contributed by atoms with Crippen LogP contribution in [-0.2, 0) is 14.6 Å². The van der Waals surface area contributed by atoms with Gasteiger partial charge in [0.1, 0.15) is 5.75 Å². The summed E-state index contributed by atoms with van der Waals surface area (Å²) in [5, 5.41) is 18.7. The Labute approximate surface area is 117 Å². The SMILES string of the molecule is CCS(=O)(=O)c1ccc(O)c(N2CC(C#N)CC2=O)c1. The first-order valence-electron chi connectivity index (χ1n) is 6.14. The highest BCUT2D eigenvalue weighted by molar-refractivity contribution is 7.91. The molecule has 0 spiro atoms. The molecule has 1 aromatic rings. The second-order valence-electron chi connectivity index (χ2n) is 4.59. The normalized spacial score (nSPS) is 19.1. The van der Waals surface area contributed by atoms with Crippen LogP contribution in [0.2, 0.25) is 0 Å². The zero-order chi connectivity index (χ0) is 14.9. The number of benzene rings is 1. The largest absolute Gasteiger partial charge is 0.506 e. The third kappa shape index (κ3) is 2.47. The molecule has 1 atom stereocenters. The summed E-state index contributed by atoms with van der Waals surface area (Å²) in [5.74, 6) is -0.968. The van der Waals surface area contributed by atoms with E-state index in [0.29, 0.717) is 0 Å². The number of sulfone groups is 1. The van der Waals surface area contributed by atoms with Crippen LogP contribution in [0.3, 0.4) is 0 Å². The number of nitrogens with zero attached hydrogens (tertiary/aromatic N) is 2. The minimum absolute atomic E-state index is 0.0565. The van der Waals surface area contributed by atoms with Gasteiger partial charge in [0.15, 0.2) is 9.84 Å². The van der Waals surface area contributed by atoms with Crippen LogP contribution in [-0.4, -0.2) is 31.7 Å². The van der Waals surface area contributed by atoms with Gasteiger partial charge >= 0.3 is 0 Å². The summed E-state index contributed by atoms with van der Waals surface area (Å²) in [5.41, 5.74) is 0.141. The van der Waals surface area contributed by atoms with E-state index in [1.807, 2.05) is 6.07 Å². The van der Waals surface area contributed by atoms with Crippen molar-refractivity contribution in [1.82, 2.24) is 0 Å². The van der Waals surface area contributed by atoms with E-state index in [4.69, 9.17) is 5.26 Å². The summed E-state index contributed by atoms with van der Waals surface area (Å²) in [4.78, 5) is 13.2. The van der Waals surface area contributed by atoms with Crippen LogP contribution in [0.25, 0.3) is 0 Å². The minimum Gasteiger partial charge on any atom is -0.506 e. The molecule has 1 N–H and O–H groups in total. The van der Waals surface area contributed by atoms with Crippen molar-refractivity contribution in [1.29, 1.82) is 5.26 Å². The van der Waals surface area contributed by atoms with Crippen LogP contribution >= 0.6 is 0 Å². The Morgan fingerprint density at radius 3 is 2.75 bits per heavy atom. The summed E-state index contributed by atoms with van der Waals surface area (Å²) in [6, 6.07) is 5.85. The van der Waals surface area contributed by atoms with Gasteiger partial charge in [0.05, 0.1) is 28.3 Å². The van der Waals surface area contributed by atoms with E-state index in [9.17, 15) is 18.3 Å². The fourth-order valence-corrected chi connectivity index (χ4v) is 3.01. The molecule has 6 nitrogen and oxygen atoms in total. The second-order valence-corrected chi connectivity index (χ2v) is 6.87. The summed E-state index contributed by atoms with van der Waals surface area (Å²) in [6.45, 7) is 1.69. The molecule has 0 aromatic heterocycles. The van der Waals surface area contributed by atoms with Crippen molar-refractivity contribution in [2.24, 2.45) is 5.92 Å². The summed E-state index contributed by atoms with van der Waals surface area (Å²) in [6.07, 6.45) is 0.0840. The molecule has 1 aliphatic rings. The van der Waals surface area contributed by atoms with Gasteiger partial charge in [-0.05, 0) is 18.2 Å². The topological polar surface area (TPSA) is 98.5 Å². The lowest BCUT2D eigenvalue weighted by Gasteiger charge is -2.18. The Morgan fingerprint density at radius 2 is 2.20 bits per heavy atom. The van der Waals surface area contributed by atoms with E-state index < -0.39 is 15.8 Å². The Hall–Kier alpha value is -2.07. The molecular weight excluding hydrogens is 280 g/mol. The van der Waals surface area contributed by atoms with Crippen molar-refractivity contribution in [3.8, 4) is 11.8 Å². The third-order valence-electron chi connectivity index (χ3n) is 3.28. The van der Waals surface area contributed by atoms with E-state index in [1.54, 1.807) is 0 Å². The van der Waals surface area contributed by atoms with Gasteiger partial charge < -0.3 is 10.0 Å². The van der Waals surface area contributed by atoms with E-state index in [-0.39, 0.29) is 41.0 Å². The van der Waals surface area contributed by atoms with Gasteiger partial charge in [0, 0.05) is 13.0 Å². The minimum atomic E-state index is -3.42. The van der Waals surface area contributed by atoms with Gasteiger partial charge in [-0.15, -0.1) is 0 Å².